The Bertz CT molecular complexity index is 1260. The lowest BCUT2D eigenvalue weighted by atomic mass is 10.0. The molecule has 3 heterocycles. The molecule has 6 heteroatoms. The van der Waals surface area contributed by atoms with E-state index in [1.165, 1.54) is 0 Å². The third-order valence-corrected chi connectivity index (χ3v) is 4.83. The Morgan fingerprint density at radius 2 is 1.48 bits per heavy atom. The van der Waals surface area contributed by atoms with E-state index >= 15 is 0 Å². The average molecular weight is 378 g/mol. The molecule has 0 amide bonds. The van der Waals surface area contributed by atoms with Crippen molar-refractivity contribution in [1.29, 1.82) is 0 Å². The van der Waals surface area contributed by atoms with Crippen LogP contribution in [0.2, 0.25) is 0 Å². The van der Waals surface area contributed by atoms with Crippen molar-refractivity contribution in [3.05, 3.63) is 84.7 Å². The van der Waals surface area contributed by atoms with E-state index in [9.17, 15) is 0 Å². The number of rotatable bonds is 4. The summed E-state index contributed by atoms with van der Waals surface area (Å²) in [6.45, 7) is 0.505. The van der Waals surface area contributed by atoms with Gasteiger partial charge in [-0.25, -0.2) is 15.0 Å². The molecular formula is C23H18N6. The van der Waals surface area contributed by atoms with Gasteiger partial charge in [-0.2, -0.15) is 5.10 Å². The highest BCUT2D eigenvalue weighted by atomic mass is 15.1. The maximum absolute atomic E-state index is 5.75. The largest absolute Gasteiger partial charge is 0.326 e. The number of H-pyrrole nitrogens is 1. The van der Waals surface area contributed by atoms with E-state index in [0.717, 1.165) is 44.9 Å². The number of nitrogens with two attached hydrogens (primary N) is 1. The van der Waals surface area contributed by atoms with E-state index in [1.807, 2.05) is 72.9 Å². The highest BCUT2D eigenvalue weighted by molar-refractivity contribution is 5.85. The van der Waals surface area contributed by atoms with Crippen molar-refractivity contribution in [2.75, 3.05) is 0 Å². The normalized spacial score (nSPS) is 11.1. The molecule has 0 spiro atoms. The Kier molecular flexibility index (Phi) is 4.31. The van der Waals surface area contributed by atoms with Crippen molar-refractivity contribution in [2.45, 2.75) is 6.54 Å². The number of pyridine rings is 1. The van der Waals surface area contributed by atoms with Crippen molar-refractivity contribution in [1.82, 2.24) is 25.1 Å². The molecule has 0 unspecified atom stereocenters. The van der Waals surface area contributed by atoms with Gasteiger partial charge >= 0.3 is 0 Å². The minimum atomic E-state index is 0.505. The first-order valence-electron chi connectivity index (χ1n) is 9.34. The fourth-order valence-electron chi connectivity index (χ4n) is 3.29. The second-order valence-electron chi connectivity index (χ2n) is 6.71. The second-order valence-corrected chi connectivity index (χ2v) is 6.71. The number of benzene rings is 2. The van der Waals surface area contributed by atoms with Gasteiger partial charge in [-0.3, -0.25) is 5.10 Å². The molecule has 0 aliphatic heterocycles. The Labute approximate surface area is 167 Å². The lowest BCUT2D eigenvalue weighted by Gasteiger charge is -2.11. The molecule has 0 aliphatic rings. The van der Waals surface area contributed by atoms with Gasteiger partial charge in [0.25, 0.3) is 0 Å². The van der Waals surface area contributed by atoms with E-state index in [1.54, 1.807) is 6.20 Å². The Hall–Kier alpha value is -3.90. The molecule has 0 atom stereocenters. The van der Waals surface area contributed by atoms with Crippen molar-refractivity contribution in [3.8, 4) is 33.8 Å². The van der Waals surface area contributed by atoms with Crippen LogP contribution in [0.4, 0.5) is 0 Å². The predicted octanol–water partition coefficient (Wildman–Crippen LogP) is 4.21. The van der Waals surface area contributed by atoms with Gasteiger partial charge in [-0.15, -0.1) is 0 Å². The van der Waals surface area contributed by atoms with E-state index in [4.69, 9.17) is 20.7 Å². The van der Waals surface area contributed by atoms with Crippen LogP contribution in [0.1, 0.15) is 5.56 Å². The van der Waals surface area contributed by atoms with Crippen LogP contribution in [0.3, 0.4) is 0 Å². The number of nitrogens with one attached hydrogen (secondary N) is 1. The number of aromatic amines is 1. The van der Waals surface area contributed by atoms with Crippen molar-refractivity contribution in [2.24, 2.45) is 5.73 Å². The summed E-state index contributed by atoms with van der Waals surface area (Å²) >= 11 is 0. The molecule has 0 saturated carbocycles. The lowest BCUT2D eigenvalue weighted by Crippen LogP contribution is -1.99. The SMILES string of the molecule is NCc1ccc(-c2nc3nc(-c4cn[nH]c4)ccc3nc2-c2ccccc2)cc1. The summed E-state index contributed by atoms with van der Waals surface area (Å²) in [5, 5.41) is 6.82. The Morgan fingerprint density at radius 1 is 0.724 bits per heavy atom. The molecule has 140 valence electrons. The minimum absolute atomic E-state index is 0.505. The molecule has 2 aromatic carbocycles. The molecule has 3 N–H and O–H groups in total. The van der Waals surface area contributed by atoms with Gasteiger partial charge in [-0.05, 0) is 17.7 Å². The van der Waals surface area contributed by atoms with Gasteiger partial charge in [0.2, 0.25) is 0 Å². The van der Waals surface area contributed by atoms with Crippen molar-refractivity contribution >= 4 is 11.2 Å². The monoisotopic (exact) mass is 378 g/mol. The molecule has 3 aromatic heterocycles. The van der Waals surface area contributed by atoms with Crippen LogP contribution in [-0.4, -0.2) is 25.1 Å². The second kappa shape index (κ2) is 7.26. The van der Waals surface area contributed by atoms with Gasteiger partial charge in [0, 0.05) is 29.4 Å². The lowest BCUT2D eigenvalue weighted by molar-refractivity contribution is 1.07. The molecule has 29 heavy (non-hydrogen) atoms. The van der Waals surface area contributed by atoms with Gasteiger partial charge in [-0.1, -0.05) is 54.6 Å². The predicted molar refractivity (Wildman–Crippen MR) is 114 cm³/mol. The van der Waals surface area contributed by atoms with Crippen LogP contribution in [-0.2, 0) is 6.54 Å². The maximum Gasteiger partial charge on any atom is 0.179 e. The standard InChI is InChI=1S/C23H18N6/c24-12-15-6-8-17(9-7-15)22-21(16-4-2-1-3-5-16)27-20-11-10-19(28-23(20)29-22)18-13-25-26-14-18/h1-11,13-14H,12,24H2,(H,25,26). The van der Waals surface area contributed by atoms with E-state index in [-0.39, 0.29) is 0 Å². The van der Waals surface area contributed by atoms with Gasteiger partial charge < -0.3 is 5.73 Å². The number of aromatic nitrogens is 5. The molecule has 0 bridgehead atoms. The van der Waals surface area contributed by atoms with Crippen LogP contribution in [0.5, 0.6) is 0 Å². The van der Waals surface area contributed by atoms with Crippen LogP contribution in [0.25, 0.3) is 44.9 Å². The molecular weight excluding hydrogens is 360 g/mol. The first-order valence-corrected chi connectivity index (χ1v) is 9.34. The van der Waals surface area contributed by atoms with E-state index in [2.05, 4.69) is 10.2 Å². The fraction of sp³-hybridized carbons (Fsp3) is 0.0435. The maximum atomic E-state index is 5.75. The Morgan fingerprint density at radius 3 is 2.21 bits per heavy atom. The van der Waals surface area contributed by atoms with Crippen LogP contribution >= 0.6 is 0 Å². The topological polar surface area (TPSA) is 93.4 Å². The summed E-state index contributed by atoms with van der Waals surface area (Å²) in [4.78, 5) is 14.5. The smallest absolute Gasteiger partial charge is 0.179 e. The van der Waals surface area contributed by atoms with Gasteiger partial charge in [0.05, 0.1) is 23.3 Å². The van der Waals surface area contributed by atoms with Crippen LogP contribution in [0.15, 0.2) is 79.1 Å². The van der Waals surface area contributed by atoms with Crippen molar-refractivity contribution in [3.63, 3.8) is 0 Å². The zero-order chi connectivity index (χ0) is 19.6. The summed E-state index contributed by atoms with van der Waals surface area (Å²) in [7, 11) is 0. The molecule has 5 aromatic rings. The summed E-state index contributed by atoms with van der Waals surface area (Å²) < 4.78 is 0. The first-order chi connectivity index (χ1) is 14.3. The molecule has 5 rings (SSSR count). The fourth-order valence-corrected chi connectivity index (χ4v) is 3.29. The van der Waals surface area contributed by atoms with E-state index < -0.39 is 0 Å². The number of hydrogen-bond donors (Lipinski definition) is 2. The van der Waals surface area contributed by atoms with Gasteiger partial charge in [0.1, 0.15) is 5.52 Å². The summed E-state index contributed by atoms with van der Waals surface area (Å²) in [5.41, 5.74) is 13.5. The zero-order valence-corrected chi connectivity index (χ0v) is 15.6. The molecule has 0 radical (unpaired) electrons. The average Bonchev–Trinajstić information content (AvgIpc) is 3.33. The highest BCUT2D eigenvalue weighted by Gasteiger charge is 2.14. The number of fused-ring (bicyclic) bond motifs is 1. The third-order valence-electron chi connectivity index (χ3n) is 4.83. The number of nitrogens with zero attached hydrogens (tertiary/aromatic N) is 4. The van der Waals surface area contributed by atoms with E-state index in [0.29, 0.717) is 12.2 Å². The summed E-state index contributed by atoms with van der Waals surface area (Å²) in [6.07, 6.45) is 3.55. The summed E-state index contributed by atoms with van der Waals surface area (Å²) in [6, 6.07) is 22.1. The van der Waals surface area contributed by atoms with Crippen LogP contribution < -0.4 is 5.73 Å². The first kappa shape index (κ1) is 17.2. The van der Waals surface area contributed by atoms with Gasteiger partial charge in [0.15, 0.2) is 5.65 Å². The zero-order valence-electron chi connectivity index (χ0n) is 15.6. The molecule has 0 saturated heterocycles. The number of hydrogen-bond acceptors (Lipinski definition) is 5. The minimum Gasteiger partial charge on any atom is -0.326 e. The van der Waals surface area contributed by atoms with Crippen molar-refractivity contribution < 1.29 is 0 Å². The molecule has 0 fully saturated rings. The van der Waals surface area contributed by atoms with Crippen LogP contribution in [0, 0.1) is 0 Å². The molecule has 0 aliphatic carbocycles. The highest BCUT2D eigenvalue weighted by Crippen LogP contribution is 2.31. The quantitative estimate of drug-likeness (QED) is 0.489. The molecule has 6 nitrogen and oxygen atoms in total. The Balaban J connectivity index is 1.73. The summed E-state index contributed by atoms with van der Waals surface area (Å²) in [5.74, 6) is 0. The third kappa shape index (κ3) is 3.26.